The summed E-state index contributed by atoms with van der Waals surface area (Å²) in [5.74, 6) is -1.28. The molecule has 3 aromatic rings. The van der Waals surface area contributed by atoms with E-state index in [0.29, 0.717) is 25.8 Å². The number of halogens is 3. The number of rotatable bonds is 6. The Morgan fingerprint density at radius 2 is 1.84 bits per heavy atom. The highest BCUT2D eigenvalue weighted by Crippen LogP contribution is 2.47. The number of fused-ring (bicyclic) bond motifs is 2. The highest BCUT2D eigenvalue weighted by Gasteiger charge is 2.45. The van der Waals surface area contributed by atoms with Gasteiger partial charge in [0.05, 0.1) is 17.7 Å². The lowest BCUT2D eigenvalue weighted by atomic mass is 9.73. The van der Waals surface area contributed by atoms with Crippen LogP contribution < -0.4 is 0 Å². The number of nitrogens with zero attached hydrogens (tertiary/aromatic N) is 4. The van der Waals surface area contributed by atoms with Gasteiger partial charge >= 0.3 is 6.18 Å². The molecule has 3 heterocycles. The van der Waals surface area contributed by atoms with Crippen molar-refractivity contribution < 1.29 is 18.0 Å². The van der Waals surface area contributed by atoms with Gasteiger partial charge in [0.1, 0.15) is 0 Å². The van der Waals surface area contributed by atoms with Crippen LogP contribution in [0.3, 0.4) is 0 Å². The predicted octanol–water partition coefficient (Wildman–Crippen LogP) is 6.09. The fourth-order valence-corrected chi connectivity index (χ4v) is 6.13. The maximum Gasteiger partial charge on any atom is 0.391 e. The quantitative estimate of drug-likeness (QED) is 0.403. The lowest BCUT2D eigenvalue weighted by molar-refractivity contribution is -0.184. The third kappa shape index (κ3) is 5.35. The molecule has 1 aromatic carbocycles. The fraction of sp³-hybridized carbons (Fsp3) is 0.483. The first-order valence-corrected chi connectivity index (χ1v) is 12.9. The minimum atomic E-state index is -4.16. The van der Waals surface area contributed by atoms with E-state index >= 15 is 0 Å². The summed E-state index contributed by atoms with van der Waals surface area (Å²) in [5.41, 5.74) is 4.60. The second kappa shape index (κ2) is 10.0. The highest BCUT2D eigenvalue weighted by atomic mass is 19.4. The zero-order chi connectivity index (χ0) is 26.3. The van der Waals surface area contributed by atoms with Crippen molar-refractivity contribution >= 4 is 16.6 Å². The summed E-state index contributed by atoms with van der Waals surface area (Å²) in [6, 6.07) is 9.63. The van der Waals surface area contributed by atoms with Crippen molar-refractivity contribution in [1.82, 2.24) is 19.7 Å². The van der Waals surface area contributed by atoms with E-state index < -0.39 is 12.1 Å². The topological polar surface area (TPSA) is 51.0 Å². The molecule has 5 rings (SSSR count). The number of aromatic nitrogens is 3. The molecule has 0 saturated heterocycles. The number of benzene rings is 1. The molecule has 1 unspecified atom stereocenters. The molecular weight excluding hydrogens is 477 g/mol. The van der Waals surface area contributed by atoms with E-state index in [-0.39, 0.29) is 37.0 Å². The molecule has 0 bridgehead atoms. The van der Waals surface area contributed by atoms with E-state index in [1.165, 1.54) is 0 Å². The molecule has 0 amide bonds. The summed E-state index contributed by atoms with van der Waals surface area (Å²) in [5, 5.41) is 6.93. The number of alkyl halides is 3. The smallest absolute Gasteiger partial charge is 0.304 e. The summed E-state index contributed by atoms with van der Waals surface area (Å²) in [7, 11) is 3.96. The molecule has 0 N–H and O–H groups in total. The van der Waals surface area contributed by atoms with Crippen LogP contribution in [-0.2, 0) is 24.2 Å². The standard InChI is InChI=1S/C29H33F3N4O/c1-18-12-25-15-24(17-35(2)3)34-36(25)28(20-6-8-23(9-7-20)29(30,31)32)27(18)26(37)14-19-4-5-22-16-33-11-10-21(22)13-19/h4-5,10-11,13,15-16,20,23,28H,6-9,12,14,17H2,1-3H3. The van der Waals surface area contributed by atoms with Gasteiger partial charge in [0.15, 0.2) is 5.78 Å². The molecular formula is C29H33F3N4O. The van der Waals surface area contributed by atoms with Gasteiger partial charge in [-0.2, -0.15) is 18.3 Å². The van der Waals surface area contributed by atoms with E-state index in [1.54, 1.807) is 12.4 Å². The first-order valence-electron chi connectivity index (χ1n) is 12.9. The number of Topliss-reactive ketones (excluding diaryl/α,β-unsaturated/α-hetero) is 1. The van der Waals surface area contributed by atoms with Crippen LogP contribution in [0.25, 0.3) is 10.8 Å². The van der Waals surface area contributed by atoms with Crippen molar-refractivity contribution in [2.24, 2.45) is 11.8 Å². The van der Waals surface area contributed by atoms with Gasteiger partial charge in [-0.1, -0.05) is 23.8 Å². The number of hydrogen-bond acceptors (Lipinski definition) is 4. The molecule has 8 heteroatoms. The van der Waals surface area contributed by atoms with Crippen molar-refractivity contribution in [3.63, 3.8) is 0 Å². The van der Waals surface area contributed by atoms with Crippen LogP contribution in [-0.4, -0.2) is 45.7 Å². The zero-order valence-electron chi connectivity index (χ0n) is 21.6. The van der Waals surface area contributed by atoms with Gasteiger partial charge in [0.25, 0.3) is 0 Å². The van der Waals surface area contributed by atoms with Gasteiger partial charge in [0, 0.05) is 48.4 Å². The van der Waals surface area contributed by atoms with Gasteiger partial charge in [-0.3, -0.25) is 14.5 Å². The number of carbonyl (C=O) groups excluding carboxylic acids is 1. The Kier molecular flexibility index (Phi) is 6.96. The van der Waals surface area contributed by atoms with Crippen LogP contribution in [0.1, 0.15) is 55.6 Å². The Hall–Kier alpha value is -3.00. The SMILES string of the molecule is CC1=C(C(=O)Cc2ccc3cnccc3c2)C(C2CCC(C(F)(F)F)CC2)n2nc(CN(C)C)cc2C1. The molecule has 2 aromatic heterocycles. The molecule has 1 atom stereocenters. The molecule has 1 saturated carbocycles. The van der Waals surface area contributed by atoms with Gasteiger partial charge in [-0.05, 0) is 75.7 Å². The van der Waals surface area contributed by atoms with Gasteiger partial charge in [0.2, 0.25) is 0 Å². The summed E-state index contributed by atoms with van der Waals surface area (Å²) in [6.07, 6.45) is 1.32. The number of allylic oxidation sites excluding steroid dienone is 2. The fourth-order valence-electron chi connectivity index (χ4n) is 6.13. The van der Waals surface area contributed by atoms with Crippen LogP contribution in [0.2, 0.25) is 0 Å². The molecule has 37 heavy (non-hydrogen) atoms. The average molecular weight is 511 g/mol. The summed E-state index contributed by atoms with van der Waals surface area (Å²) >= 11 is 0. The van der Waals surface area contributed by atoms with Crippen molar-refractivity contribution in [3.8, 4) is 0 Å². The third-order valence-electron chi connectivity index (χ3n) is 7.86. The summed E-state index contributed by atoms with van der Waals surface area (Å²) in [6.45, 7) is 2.66. The normalized spacial score (nSPS) is 22.5. The summed E-state index contributed by atoms with van der Waals surface area (Å²) in [4.78, 5) is 20.1. The van der Waals surface area contributed by atoms with Crippen LogP contribution in [0.4, 0.5) is 13.2 Å². The Bertz CT molecular complexity index is 1330. The number of hydrogen-bond donors (Lipinski definition) is 0. The van der Waals surface area contributed by atoms with Crippen molar-refractivity contribution in [1.29, 1.82) is 0 Å². The first-order chi connectivity index (χ1) is 17.6. The van der Waals surface area contributed by atoms with E-state index in [1.807, 2.05) is 54.9 Å². The highest BCUT2D eigenvalue weighted by molar-refractivity contribution is 5.99. The molecule has 0 spiro atoms. The Labute approximate surface area is 215 Å². The van der Waals surface area contributed by atoms with Crippen LogP contribution in [0, 0.1) is 11.8 Å². The van der Waals surface area contributed by atoms with Crippen LogP contribution in [0.15, 0.2) is 53.9 Å². The van der Waals surface area contributed by atoms with Crippen LogP contribution in [0.5, 0.6) is 0 Å². The minimum Gasteiger partial charge on any atom is -0.304 e. The maximum atomic E-state index is 13.9. The predicted molar refractivity (Wildman–Crippen MR) is 137 cm³/mol. The number of pyridine rings is 1. The van der Waals surface area contributed by atoms with Gasteiger partial charge in [-0.15, -0.1) is 0 Å². The maximum absolute atomic E-state index is 13.9. The molecule has 1 aliphatic carbocycles. The van der Waals surface area contributed by atoms with Gasteiger partial charge in [-0.25, -0.2) is 0 Å². The largest absolute Gasteiger partial charge is 0.391 e. The second-order valence-electron chi connectivity index (χ2n) is 10.9. The van der Waals surface area contributed by atoms with Crippen molar-refractivity contribution in [3.05, 3.63) is 70.8 Å². The molecule has 196 valence electrons. The summed E-state index contributed by atoms with van der Waals surface area (Å²) < 4.78 is 42.2. The van der Waals surface area contributed by atoms with Crippen molar-refractivity contribution in [2.75, 3.05) is 14.1 Å². The molecule has 2 aliphatic rings. The Balaban J connectivity index is 1.47. The zero-order valence-corrected chi connectivity index (χ0v) is 21.6. The van der Waals surface area contributed by atoms with Gasteiger partial charge < -0.3 is 4.90 Å². The third-order valence-corrected chi connectivity index (χ3v) is 7.86. The lowest BCUT2D eigenvalue weighted by Crippen LogP contribution is -2.36. The number of ketones is 1. The van der Waals surface area contributed by atoms with E-state index in [2.05, 4.69) is 11.1 Å². The lowest BCUT2D eigenvalue weighted by Gasteiger charge is -2.38. The van der Waals surface area contributed by atoms with E-state index in [9.17, 15) is 18.0 Å². The average Bonchev–Trinajstić information content (AvgIpc) is 3.23. The molecule has 0 radical (unpaired) electrons. The molecule has 5 nitrogen and oxygen atoms in total. The van der Waals surface area contributed by atoms with Crippen molar-refractivity contribution in [2.45, 2.75) is 64.2 Å². The molecule has 1 fully saturated rings. The second-order valence-corrected chi connectivity index (χ2v) is 10.9. The van der Waals surface area contributed by atoms with E-state index in [0.717, 1.165) is 38.9 Å². The van der Waals surface area contributed by atoms with E-state index in [4.69, 9.17) is 5.10 Å². The molecule has 1 aliphatic heterocycles. The monoisotopic (exact) mass is 510 g/mol. The minimum absolute atomic E-state index is 0.0316. The first kappa shape index (κ1) is 25.6. The van der Waals surface area contributed by atoms with Crippen LogP contribution >= 0.6 is 0 Å². The Morgan fingerprint density at radius 3 is 2.54 bits per heavy atom. The Morgan fingerprint density at radius 1 is 1.08 bits per heavy atom. The number of carbonyl (C=O) groups is 1.